The summed E-state index contributed by atoms with van der Waals surface area (Å²) in [4.78, 5) is 14.4. The van der Waals surface area contributed by atoms with Crippen LogP contribution in [0.5, 0.6) is 0 Å². The van der Waals surface area contributed by atoms with Gasteiger partial charge in [0, 0.05) is 24.2 Å². The lowest BCUT2D eigenvalue weighted by Crippen LogP contribution is -2.32. The Bertz CT molecular complexity index is 1140. The van der Waals surface area contributed by atoms with Gasteiger partial charge >= 0.3 is 0 Å². The minimum atomic E-state index is -3.33. The van der Waals surface area contributed by atoms with Gasteiger partial charge in [-0.2, -0.15) is 5.10 Å². The summed E-state index contributed by atoms with van der Waals surface area (Å²) in [6.07, 6.45) is 2.02. The van der Waals surface area contributed by atoms with E-state index in [1.54, 1.807) is 36.5 Å². The highest BCUT2D eigenvalue weighted by Gasteiger charge is 2.12. The molecule has 0 amide bonds. The van der Waals surface area contributed by atoms with Crippen molar-refractivity contribution < 1.29 is 13.5 Å². The predicted molar refractivity (Wildman–Crippen MR) is 113 cm³/mol. The number of rotatable bonds is 8. The van der Waals surface area contributed by atoms with Gasteiger partial charge in [0.05, 0.1) is 30.5 Å². The van der Waals surface area contributed by atoms with Crippen LogP contribution < -0.4 is 10.3 Å². The minimum absolute atomic E-state index is 0.133. The van der Waals surface area contributed by atoms with Gasteiger partial charge < -0.3 is 10.0 Å². The largest absolute Gasteiger partial charge is 0.387 e. The number of hydrogen-bond acceptors (Lipinski definition) is 6. The number of aromatic nitrogens is 2. The first kappa shape index (κ1) is 21.0. The quantitative estimate of drug-likeness (QED) is 0.576. The van der Waals surface area contributed by atoms with Crippen molar-refractivity contribution >= 4 is 26.5 Å². The van der Waals surface area contributed by atoms with E-state index >= 15 is 0 Å². The maximum absolute atomic E-state index is 12.5. The monoisotopic (exact) mass is 416 g/mol. The van der Waals surface area contributed by atoms with Crippen molar-refractivity contribution in [2.75, 3.05) is 31.1 Å². The molecule has 0 aliphatic rings. The molecule has 2 aromatic carbocycles. The molecule has 1 atom stereocenters. The molecule has 0 bridgehead atoms. The van der Waals surface area contributed by atoms with Crippen molar-refractivity contribution in [2.45, 2.75) is 12.6 Å². The molecule has 3 aromatic rings. The third-order valence-corrected chi connectivity index (χ3v) is 5.15. The third kappa shape index (κ3) is 5.63. The minimum Gasteiger partial charge on any atom is -0.387 e. The zero-order valence-electron chi connectivity index (χ0n) is 16.3. The van der Waals surface area contributed by atoms with E-state index in [2.05, 4.69) is 9.82 Å². The van der Waals surface area contributed by atoms with E-state index in [-0.39, 0.29) is 5.56 Å². The summed E-state index contributed by atoms with van der Waals surface area (Å²) >= 11 is 0. The van der Waals surface area contributed by atoms with Gasteiger partial charge in [0.1, 0.15) is 0 Å². The standard InChI is InChI=1S/C20H24N4O4S/c1-23(11-12-24-20(26)18-6-4-3-5-16(18)13-21-24)14-19(25)15-7-9-17(10-8-15)22-29(2,27)28/h3-10,13,19,22,25H,11-12,14H2,1-2H3. The van der Waals surface area contributed by atoms with Crippen molar-refractivity contribution in [3.05, 3.63) is 70.6 Å². The van der Waals surface area contributed by atoms with Crippen LogP contribution in [0.15, 0.2) is 59.5 Å². The van der Waals surface area contributed by atoms with Gasteiger partial charge in [-0.15, -0.1) is 0 Å². The summed E-state index contributed by atoms with van der Waals surface area (Å²) in [5.41, 5.74) is 0.987. The number of likely N-dealkylation sites (N-methyl/N-ethyl adjacent to an activating group) is 1. The summed E-state index contributed by atoms with van der Waals surface area (Å²) in [5, 5.41) is 16.1. The highest BCUT2D eigenvalue weighted by molar-refractivity contribution is 7.92. The van der Waals surface area contributed by atoms with Crippen LogP contribution in [0.3, 0.4) is 0 Å². The molecule has 1 aromatic heterocycles. The molecule has 1 unspecified atom stereocenters. The third-order valence-electron chi connectivity index (χ3n) is 4.54. The van der Waals surface area contributed by atoms with Gasteiger partial charge in [-0.25, -0.2) is 13.1 Å². The lowest BCUT2D eigenvalue weighted by molar-refractivity contribution is 0.124. The summed E-state index contributed by atoms with van der Waals surface area (Å²) in [5.74, 6) is 0. The molecule has 154 valence electrons. The summed E-state index contributed by atoms with van der Waals surface area (Å²) < 4.78 is 26.3. The lowest BCUT2D eigenvalue weighted by Gasteiger charge is -2.21. The molecule has 0 saturated carbocycles. The Hall–Kier alpha value is -2.75. The summed E-state index contributed by atoms with van der Waals surface area (Å²) in [7, 11) is -1.48. The molecule has 9 heteroatoms. The molecule has 0 radical (unpaired) electrons. The second-order valence-electron chi connectivity index (χ2n) is 7.03. The number of nitrogens with one attached hydrogen (secondary N) is 1. The van der Waals surface area contributed by atoms with Crippen LogP contribution in [-0.2, 0) is 16.6 Å². The molecular weight excluding hydrogens is 392 g/mol. The highest BCUT2D eigenvalue weighted by atomic mass is 32.2. The first-order chi connectivity index (χ1) is 13.7. The number of nitrogens with zero attached hydrogens (tertiary/aromatic N) is 3. The van der Waals surface area contributed by atoms with E-state index < -0.39 is 16.1 Å². The van der Waals surface area contributed by atoms with Gasteiger partial charge in [-0.1, -0.05) is 30.3 Å². The zero-order valence-corrected chi connectivity index (χ0v) is 17.1. The molecule has 1 heterocycles. The number of aliphatic hydroxyl groups is 1. The fourth-order valence-corrected chi connectivity index (χ4v) is 3.60. The highest BCUT2D eigenvalue weighted by Crippen LogP contribution is 2.17. The maximum atomic E-state index is 12.5. The Morgan fingerprint density at radius 1 is 1.17 bits per heavy atom. The number of sulfonamides is 1. The van der Waals surface area contributed by atoms with E-state index in [1.807, 2.05) is 30.1 Å². The Labute approximate surface area is 169 Å². The molecule has 0 saturated heterocycles. The van der Waals surface area contributed by atoms with E-state index in [4.69, 9.17) is 0 Å². The van der Waals surface area contributed by atoms with Crippen molar-refractivity contribution in [3.8, 4) is 0 Å². The Morgan fingerprint density at radius 3 is 2.55 bits per heavy atom. The summed E-state index contributed by atoms with van der Waals surface area (Å²) in [6, 6.07) is 13.9. The number of anilines is 1. The average Bonchev–Trinajstić information content (AvgIpc) is 2.67. The lowest BCUT2D eigenvalue weighted by atomic mass is 10.1. The number of aliphatic hydroxyl groups excluding tert-OH is 1. The van der Waals surface area contributed by atoms with Crippen LogP contribution in [0.1, 0.15) is 11.7 Å². The first-order valence-corrected chi connectivity index (χ1v) is 11.0. The second-order valence-corrected chi connectivity index (χ2v) is 8.78. The topological polar surface area (TPSA) is 105 Å². The van der Waals surface area contributed by atoms with Crippen LogP contribution in [0.4, 0.5) is 5.69 Å². The second kappa shape index (κ2) is 8.73. The average molecular weight is 417 g/mol. The number of hydrogen-bond donors (Lipinski definition) is 2. The van der Waals surface area contributed by atoms with Gasteiger partial charge in [-0.3, -0.25) is 9.52 Å². The smallest absolute Gasteiger partial charge is 0.274 e. The van der Waals surface area contributed by atoms with Crippen molar-refractivity contribution in [1.29, 1.82) is 0 Å². The van der Waals surface area contributed by atoms with Gasteiger partial charge in [0.25, 0.3) is 5.56 Å². The van der Waals surface area contributed by atoms with Crippen molar-refractivity contribution in [1.82, 2.24) is 14.7 Å². The van der Waals surface area contributed by atoms with E-state index in [1.165, 1.54) is 4.68 Å². The van der Waals surface area contributed by atoms with E-state index in [0.717, 1.165) is 11.6 Å². The van der Waals surface area contributed by atoms with Crippen LogP contribution in [0, 0.1) is 0 Å². The van der Waals surface area contributed by atoms with Gasteiger partial charge in [0.15, 0.2) is 0 Å². The molecule has 0 aliphatic heterocycles. The zero-order chi connectivity index (χ0) is 21.0. The van der Waals surface area contributed by atoms with Crippen LogP contribution in [0.2, 0.25) is 0 Å². The Kier molecular flexibility index (Phi) is 6.31. The molecule has 0 spiro atoms. The summed E-state index contributed by atoms with van der Waals surface area (Å²) in [6.45, 7) is 1.31. The van der Waals surface area contributed by atoms with Crippen LogP contribution in [0.25, 0.3) is 10.8 Å². The molecule has 0 fully saturated rings. The molecular formula is C20H24N4O4S. The fourth-order valence-electron chi connectivity index (χ4n) is 3.03. The van der Waals surface area contributed by atoms with Gasteiger partial charge in [-0.05, 0) is 30.8 Å². The van der Waals surface area contributed by atoms with E-state index in [9.17, 15) is 18.3 Å². The molecule has 3 rings (SSSR count). The normalized spacial score (nSPS) is 13.0. The van der Waals surface area contributed by atoms with Gasteiger partial charge in [0.2, 0.25) is 10.0 Å². The molecule has 29 heavy (non-hydrogen) atoms. The fraction of sp³-hybridized carbons (Fsp3) is 0.300. The van der Waals surface area contributed by atoms with Crippen LogP contribution in [-0.4, -0.2) is 54.6 Å². The molecule has 0 aliphatic carbocycles. The van der Waals surface area contributed by atoms with E-state index in [0.29, 0.717) is 36.3 Å². The number of benzene rings is 2. The Balaban J connectivity index is 1.58. The molecule has 8 nitrogen and oxygen atoms in total. The molecule has 2 N–H and O–H groups in total. The van der Waals surface area contributed by atoms with Crippen molar-refractivity contribution in [2.24, 2.45) is 0 Å². The Morgan fingerprint density at radius 2 is 1.86 bits per heavy atom. The van der Waals surface area contributed by atoms with Crippen molar-refractivity contribution in [3.63, 3.8) is 0 Å². The van der Waals surface area contributed by atoms with Crippen LogP contribution >= 0.6 is 0 Å². The SMILES string of the molecule is CN(CCn1ncc2ccccc2c1=O)CC(O)c1ccc(NS(C)(=O)=O)cc1. The first-order valence-electron chi connectivity index (χ1n) is 9.12. The maximum Gasteiger partial charge on any atom is 0.274 e. The number of fused-ring (bicyclic) bond motifs is 1. The predicted octanol–water partition coefficient (Wildman–Crippen LogP) is 1.43.